The number of hydrogen-bond donors (Lipinski definition) is 2. The number of hydrogen-bond acceptors (Lipinski definition) is 4. The molecule has 1 aromatic heterocycles. The van der Waals surface area contributed by atoms with Crippen molar-refractivity contribution in [3.8, 4) is 0 Å². The van der Waals surface area contributed by atoms with Gasteiger partial charge in [0.05, 0.1) is 0 Å². The van der Waals surface area contributed by atoms with Crippen molar-refractivity contribution in [1.82, 2.24) is 9.97 Å². The van der Waals surface area contributed by atoms with Crippen molar-refractivity contribution in [1.29, 1.82) is 0 Å². The van der Waals surface area contributed by atoms with Crippen molar-refractivity contribution in [2.24, 2.45) is 0 Å². The second-order valence-electron chi connectivity index (χ2n) is 3.47. The van der Waals surface area contributed by atoms with Gasteiger partial charge in [-0.1, -0.05) is 18.2 Å². The Hall–Kier alpha value is -2.10. The van der Waals surface area contributed by atoms with Crippen molar-refractivity contribution in [3.05, 3.63) is 42.1 Å². The third kappa shape index (κ3) is 2.28. The fraction of sp³-hybridized carbons (Fsp3) is 0.167. The molecule has 0 fully saturated rings. The van der Waals surface area contributed by atoms with Crippen molar-refractivity contribution >= 4 is 17.5 Å². The van der Waals surface area contributed by atoms with Gasteiger partial charge in [-0.25, -0.2) is 4.98 Å². The molecule has 2 rings (SSSR count). The molecule has 1 aromatic carbocycles. The van der Waals surface area contributed by atoms with Crippen LogP contribution in [0.15, 0.2) is 36.5 Å². The minimum Gasteiger partial charge on any atom is -0.373 e. The summed E-state index contributed by atoms with van der Waals surface area (Å²) in [5, 5.41) is 6.17. The van der Waals surface area contributed by atoms with Crippen LogP contribution in [0.1, 0.15) is 5.56 Å². The summed E-state index contributed by atoms with van der Waals surface area (Å²) in [6, 6.07) is 9.86. The molecule has 2 aromatic rings. The highest BCUT2D eigenvalue weighted by Gasteiger charge is 2.01. The Bertz CT molecular complexity index is 468. The first-order chi connectivity index (χ1) is 7.79. The zero-order chi connectivity index (χ0) is 11.4. The Morgan fingerprint density at radius 2 is 1.88 bits per heavy atom. The number of para-hydroxylation sites is 1. The van der Waals surface area contributed by atoms with Crippen LogP contribution in [0.2, 0.25) is 0 Å². The maximum Gasteiger partial charge on any atom is 0.229 e. The number of rotatable bonds is 3. The van der Waals surface area contributed by atoms with Crippen LogP contribution < -0.4 is 10.6 Å². The Balaban J connectivity index is 2.22. The molecule has 0 saturated heterocycles. The van der Waals surface area contributed by atoms with Gasteiger partial charge < -0.3 is 10.6 Å². The largest absolute Gasteiger partial charge is 0.373 e. The second kappa shape index (κ2) is 4.61. The monoisotopic (exact) mass is 214 g/mol. The maximum atomic E-state index is 4.35. The summed E-state index contributed by atoms with van der Waals surface area (Å²) in [5.74, 6) is 1.44. The molecule has 2 N–H and O–H groups in total. The SMILES string of the molecule is CNc1nc(Nc2ccccc2)ncc1C. The summed E-state index contributed by atoms with van der Waals surface area (Å²) < 4.78 is 0. The summed E-state index contributed by atoms with van der Waals surface area (Å²) in [6.07, 6.45) is 1.80. The standard InChI is InChI=1S/C12H14N4/c1-9-8-14-12(16-11(9)13-2)15-10-6-4-3-5-7-10/h3-8H,1-2H3,(H2,13,14,15,16). The van der Waals surface area contributed by atoms with Crippen molar-refractivity contribution in [2.75, 3.05) is 17.7 Å². The van der Waals surface area contributed by atoms with E-state index in [0.717, 1.165) is 17.1 Å². The van der Waals surface area contributed by atoms with Gasteiger partial charge in [-0.3, -0.25) is 0 Å². The molecule has 0 saturated carbocycles. The molecule has 0 aliphatic rings. The number of anilines is 3. The van der Waals surface area contributed by atoms with E-state index in [0.29, 0.717) is 5.95 Å². The molecule has 0 aliphatic carbocycles. The molecule has 16 heavy (non-hydrogen) atoms. The second-order valence-corrected chi connectivity index (χ2v) is 3.47. The van der Waals surface area contributed by atoms with Crippen LogP contribution in [-0.4, -0.2) is 17.0 Å². The zero-order valence-corrected chi connectivity index (χ0v) is 9.36. The minimum atomic E-state index is 0.598. The average molecular weight is 214 g/mol. The quantitative estimate of drug-likeness (QED) is 0.824. The summed E-state index contributed by atoms with van der Waals surface area (Å²) in [4.78, 5) is 8.57. The van der Waals surface area contributed by atoms with Crippen LogP contribution in [0.4, 0.5) is 17.5 Å². The third-order valence-electron chi connectivity index (χ3n) is 2.24. The fourth-order valence-corrected chi connectivity index (χ4v) is 1.41. The number of benzene rings is 1. The van der Waals surface area contributed by atoms with Crippen LogP contribution in [0, 0.1) is 6.92 Å². The van der Waals surface area contributed by atoms with E-state index in [2.05, 4.69) is 20.6 Å². The van der Waals surface area contributed by atoms with Crippen LogP contribution in [0.5, 0.6) is 0 Å². The molecule has 0 amide bonds. The van der Waals surface area contributed by atoms with E-state index in [9.17, 15) is 0 Å². The molecule has 4 heteroatoms. The summed E-state index contributed by atoms with van der Waals surface area (Å²) in [7, 11) is 1.85. The van der Waals surface area contributed by atoms with E-state index in [4.69, 9.17) is 0 Å². The first-order valence-electron chi connectivity index (χ1n) is 5.13. The zero-order valence-electron chi connectivity index (χ0n) is 9.36. The molecule has 0 aliphatic heterocycles. The molecule has 0 spiro atoms. The van der Waals surface area contributed by atoms with Gasteiger partial charge in [-0.05, 0) is 19.1 Å². The lowest BCUT2D eigenvalue weighted by molar-refractivity contribution is 1.12. The van der Waals surface area contributed by atoms with Crippen molar-refractivity contribution in [2.45, 2.75) is 6.92 Å². The van der Waals surface area contributed by atoms with Gasteiger partial charge in [0.2, 0.25) is 5.95 Å². The Kier molecular flexibility index (Phi) is 3.00. The molecule has 0 atom stereocenters. The summed E-state index contributed by atoms with van der Waals surface area (Å²) >= 11 is 0. The lowest BCUT2D eigenvalue weighted by atomic mass is 10.3. The molecular weight excluding hydrogens is 200 g/mol. The van der Waals surface area contributed by atoms with Crippen molar-refractivity contribution < 1.29 is 0 Å². The topological polar surface area (TPSA) is 49.8 Å². The highest BCUT2D eigenvalue weighted by Crippen LogP contribution is 2.15. The third-order valence-corrected chi connectivity index (χ3v) is 2.24. The van der Waals surface area contributed by atoms with E-state index in [1.807, 2.05) is 44.3 Å². The van der Waals surface area contributed by atoms with Crippen molar-refractivity contribution in [3.63, 3.8) is 0 Å². The molecule has 0 bridgehead atoms. The number of nitrogens with one attached hydrogen (secondary N) is 2. The van der Waals surface area contributed by atoms with Crippen LogP contribution in [-0.2, 0) is 0 Å². The van der Waals surface area contributed by atoms with E-state index < -0.39 is 0 Å². The Morgan fingerprint density at radius 3 is 2.56 bits per heavy atom. The fourth-order valence-electron chi connectivity index (χ4n) is 1.41. The van der Waals surface area contributed by atoms with E-state index >= 15 is 0 Å². The normalized spacial score (nSPS) is 9.88. The molecule has 82 valence electrons. The van der Waals surface area contributed by atoms with Crippen LogP contribution >= 0.6 is 0 Å². The number of nitrogens with zero attached hydrogens (tertiary/aromatic N) is 2. The average Bonchev–Trinajstić information content (AvgIpc) is 2.33. The van der Waals surface area contributed by atoms with E-state index in [1.54, 1.807) is 6.20 Å². The van der Waals surface area contributed by atoms with Gasteiger partial charge in [0.15, 0.2) is 0 Å². The van der Waals surface area contributed by atoms with Gasteiger partial charge in [0, 0.05) is 24.5 Å². The first-order valence-corrected chi connectivity index (χ1v) is 5.13. The number of aromatic nitrogens is 2. The van der Waals surface area contributed by atoms with Gasteiger partial charge in [0.25, 0.3) is 0 Å². The number of aryl methyl sites for hydroxylation is 1. The lowest BCUT2D eigenvalue weighted by Crippen LogP contribution is -2.02. The molecule has 0 unspecified atom stereocenters. The van der Waals surface area contributed by atoms with Gasteiger partial charge in [-0.2, -0.15) is 4.98 Å². The first kappa shape index (κ1) is 10.4. The van der Waals surface area contributed by atoms with Gasteiger partial charge in [0.1, 0.15) is 5.82 Å². The lowest BCUT2D eigenvalue weighted by Gasteiger charge is -2.07. The predicted octanol–water partition coefficient (Wildman–Crippen LogP) is 2.57. The summed E-state index contributed by atoms with van der Waals surface area (Å²) in [5.41, 5.74) is 2.01. The highest BCUT2D eigenvalue weighted by atomic mass is 15.1. The van der Waals surface area contributed by atoms with E-state index in [-0.39, 0.29) is 0 Å². The molecule has 4 nitrogen and oxygen atoms in total. The van der Waals surface area contributed by atoms with E-state index in [1.165, 1.54) is 0 Å². The molecular formula is C12H14N4. The Morgan fingerprint density at radius 1 is 1.12 bits per heavy atom. The van der Waals surface area contributed by atoms with Crippen LogP contribution in [0.3, 0.4) is 0 Å². The van der Waals surface area contributed by atoms with Gasteiger partial charge >= 0.3 is 0 Å². The minimum absolute atomic E-state index is 0.598. The van der Waals surface area contributed by atoms with Crippen LogP contribution in [0.25, 0.3) is 0 Å². The molecule has 1 heterocycles. The smallest absolute Gasteiger partial charge is 0.229 e. The molecule has 0 radical (unpaired) electrons. The van der Waals surface area contributed by atoms with Gasteiger partial charge in [-0.15, -0.1) is 0 Å². The maximum absolute atomic E-state index is 4.35. The Labute approximate surface area is 94.8 Å². The summed E-state index contributed by atoms with van der Waals surface area (Å²) in [6.45, 7) is 1.97. The highest BCUT2D eigenvalue weighted by molar-refractivity contribution is 5.55. The predicted molar refractivity (Wildman–Crippen MR) is 66.0 cm³/mol.